The summed E-state index contributed by atoms with van der Waals surface area (Å²) in [6.07, 6.45) is 3.12. The molecular weight excluding hydrogens is 490 g/mol. The molecule has 0 spiro atoms. The second-order valence-electron chi connectivity index (χ2n) is 9.72. The number of benzene rings is 2. The highest BCUT2D eigenvalue weighted by Crippen LogP contribution is 2.32. The third kappa shape index (κ3) is 5.34. The first-order chi connectivity index (χ1) is 17.7. The van der Waals surface area contributed by atoms with Crippen molar-refractivity contribution in [3.05, 3.63) is 60.5 Å². The van der Waals surface area contributed by atoms with E-state index in [-0.39, 0.29) is 11.4 Å². The van der Waals surface area contributed by atoms with E-state index < -0.39 is 6.03 Å². The summed E-state index contributed by atoms with van der Waals surface area (Å²) in [5.74, 6) is 1.36. The van der Waals surface area contributed by atoms with Gasteiger partial charge in [0.2, 0.25) is 0 Å². The van der Waals surface area contributed by atoms with Crippen LogP contribution in [0.4, 0.5) is 16.3 Å². The average Bonchev–Trinajstić information content (AvgIpc) is 3.54. The molecule has 190 valence electrons. The van der Waals surface area contributed by atoms with E-state index in [4.69, 9.17) is 14.2 Å². The van der Waals surface area contributed by atoms with E-state index in [1.54, 1.807) is 12.1 Å². The SMILES string of the molecule is CCCC(=O)Oc1ccc2c(c1)sc1nc(-c3ccc(NC(=O)Nc4cc(C(C)(C)C)on4)cc3)cn12. The van der Waals surface area contributed by atoms with Gasteiger partial charge in [0.15, 0.2) is 10.8 Å². The van der Waals surface area contributed by atoms with Crippen LogP contribution in [0.5, 0.6) is 5.75 Å². The molecule has 0 atom stereocenters. The quantitative estimate of drug-likeness (QED) is 0.188. The van der Waals surface area contributed by atoms with Crippen molar-refractivity contribution in [2.75, 3.05) is 10.6 Å². The lowest BCUT2D eigenvalue weighted by molar-refractivity contribution is -0.134. The van der Waals surface area contributed by atoms with Crippen molar-refractivity contribution in [2.24, 2.45) is 0 Å². The molecule has 0 saturated carbocycles. The lowest BCUT2D eigenvalue weighted by Crippen LogP contribution is -2.19. The summed E-state index contributed by atoms with van der Waals surface area (Å²) < 4.78 is 13.7. The number of rotatable bonds is 6. The maximum atomic E-state index is 12.4. The predicted octanol–water partition coefficient (Wildman–Crippen LogP) is 6.85. The Morgan fingerprint density at radius 1 is 1.08 bits per heavy atom. The summed E-state index contributed by atoms with van der Waals surface area (Å²) in [6.45, 7) is 7.97. The van der Waals surface area contributed by atoms with Gasteiger partial charge in [0, 0.05) is 41.4 Å². The molecule has 2 amide bonds. The zero-order chi connectivity index (χ0) is 26.2. The summed E-state index contributed by atoms with van der Waals surface area (Å²) in [7, 11) is 0. The molecule has 0 unspecified atom stereocenters. The highest BCUT2D eigenvalue weighted by Gasteiger charge is 2.20. The highest BCUT2D eigenvalue weighted by molar-refractivity contribution is 7.23. The Hall–Kier alpha value is -4.18. The third-order valence-corrected chi connectivity index (χ3v) is 6.70. The Balaban J connectivity index is 1.27. The van der Waals surface area contributed by atoms with E-state index in [1.165, 1.54) is 11.3 Å². The van der Waals surface area contributed by atoms with Crippen LogP contribution in [0.2, 0.25) is 0 Å². The minimum Gasteiger partial charge on any atom is -0.426 e. The molecule has 0 fully saturated rings. The number of anilines is 2. The van der Waals surface area contributed by atoms with E-state index in [0.29, 0.717) is 29.4 Å². The normalized spacial score (nSPS) is 11.7. The molecule has 0 aliphatic heterocycles. The number of carbonyl (C=O) groups excluding carboxylic acids is 2. The maximum Gasteiger partial charge on any atom is 0.324 e. The Kier molecular flexibility index (Phi) is 6.43. The van der Waals surface area contributed by atoms with Gasteiger partial charge in [-0.2, -0.15) is 0 Å². The fraction of sp³-hybridized carbons (Fsp3) is 0.259. The Morgan fingerprint density at radius 2 is 1.86 bits per heavy atom. The Labute approximate surface area is 217 Å². The number of carbonyl (C=O) groups is 2. The second kappa shape index (κ2) is 9.70. The first-order valence-electron chi connectivity index (χ1n) is 12.0. The molecule has 0 aliphatic rings. The number of amides is 2. The zero-order valence-electron chi connectivity index (χ0n) is 21.0. The number of imidazole rings is 1. The van der Waals surface area contributed by atoms with Crippen LogP contribution < -0.4 is 15.4 Å². The first kappa shape index (κ1) is 24.5. The molecule has 37 heavy (non-hydrogen) atoms. The summed E-state index contributed by atoms with van der Waals surface area (Å²) in [4.78, 5) is 29.8. The largest absolute Gasteiger partial charge is 0.426 e. The minimum atomic E-state index is -0.407. The van der Waals surface area contributed by atoms with Crippen molar-refractivity contribution in [2.45, 2.75) is 46.0 Å². The molecule has 0 bridgehead atoms. The first-order valence-corrected chi connectivity index (χ1v) is 12.8. The summed E-state index contributed by atoms with van der Waals surface area (Å²) >= 11 is 1.53. The van der Waals surface area contributed by atoms with E-state index >= 15 is 0 Å². The number of hydrogen-bond acceptors (Lipinski definition) is 7. The summed E-state index contributed by atoms with van der Waals surface area (Å²) in [5.41, 5.74) is 3.18. The van der Waals surface area contributed by atoms with Crippen molar-refractivity contribution >= 4 is 50.0 Å². The third-order valence-electron chi connectivity index (χ3n) is 5.68. The summed E-state index contributed by atoms with van der Waals surface area (Å²) in [5, 5.41) is 9.38. The number of esters is 1. The molecule has 9 nitrogen and oxygen atoms in total. The van der Waals surface area contributed by atoms with E-state index in [1.807, 2.05) is 74.7 Å². The number of thiazole rings is 1. The molecular formula is C27H27N5O4S. The number of urea groups is 1. The van der Waals surface area contributed by atoms with Crippen molar-refractivity contribution in [3.8, 4) is 17.0 Å². The number of nitrogens with zero attached hydrogens (tertiary/aromatic N) is 3. The van der Waals surface area contributed by atoms with Gasteiger partial charge in [-0.25, -0.2) is 9.78 Å². The van der Waals surface area contributed by atoms with Crippen molar-refractivity contribution < 1.29 is 18.8 Å². The van der Waals surface area contributed by atoms with Gasteiger partial charge in [-0.05, 0) is 30.7 Å². The molecule has 10 heteroatoms. The monoisotopic (exact) mass is 517 g/mol. The second-order valence-corrected chi connectivity index (χ2v) is 10.7. The van der Waals surface area contributed by atoms with Crippen LogP contribution in [0.1, 0.15) is 46.3 Å². The number of aromatic nitrogens is 3. The smallest absolute Gasteiger partial charge is 0.324 e. The van der Waals surface area contributed by atoms with Gasteiger partial charge in [0.1, 0.15) is 11.5 Å². The number of fused-ring (bicyclic) bond motifs is 3. The Morgan fingerprint density at radius 3 is 2.57 bits per heavy atom. The number of nitrogens with one attached hydrogen (secondary N) is 2. The van der Waals surface area contributed by atoms with E-state index in [2.05, 4.69) is 15.8 Å². The van der Waals surface area contributed by atoms with Gasteiger partial charge in [-0.1, -0.05) is 56.3 Å². The molecule has 0 radical (unpaired) electrons. The Bertz CT molecular complexity index is 1590. The van der Waals surface area contributed by atoms with Crippen LogP contribution in [0.3, 0.4) is 0 Å². The van der Waals surface area contributed by atoms with Crippen molar-refractivity contribution in [3.63, 3.8) is 0 Å². The van der Waals surface area contributed by atoms with Crippen LogP contribution in [0.15, 0.2) is 59.3 Å². The number of hydrogen-bond donors (Lipinski definition) is 2. The van der Waals surface area contributed by atoms with Gasteiger partial charge in [-0.3, -0.25) is 14.5 Å². The van der Waals surface area contributed by atoms with Crippen molar-refractivity contribution in [1.29, 1.82) is 0 Å². The zero-order valence-corrected chi connectivity index (χ0v) is 21.8. The molecule has 3 aromatic heterocycles. The van der Waals surface area contributed by atoms with Crippen LogP contribution >= 0.6 is 11.3 Å². The number of ether oxygens (including phenoxy) is 1. The molecule has 2 N–H and O–H groups in total. The highest BCUT2D eigenvalue weighted by atomic mass is 32.1. The predicted molar refractivity (Wildman–Crippen MR) is 144 cm³/mol. The molecule has 5 aromatic rings. The van der Waals surface area contributed by atoms with Gasteiger partial charge < -0.3 is 14.6 Å². The average molecular weight is 518 g/mol. The van der Waals surface area contributed by atoms with Crippen LogP contribution in [-0.4, -0.2) is 26.5 Å². The molecule has 2 aromatic carbocycles. The lowest BCUT2D eigenvalue weighted by Gasteiger charge is -2.12. The fourth-order valence-electron chi connectivity index (χ4n) is 3.76. The summed E-state index contributed by atoms with van der Waals surface area (Å²) in [6, 6.07) is 14.4. The lowest BCUT2D eigenvalue weighted by atomic mass is 9.93. The van der Waals surface area contributed by atoms with Crippen LogP contribution in [0, 0.1) is 0 Å². The molecule has 5 rings (SSSR count). The maximum absolute atomic E-state index is 12.4. The standard InChI is InChI=1S/C27H27N5O4S/c1-5-6-24(33)35-18-11-12-20-21(13-18)37-26-29-19(15-32(20)26)16-7-9-17(10-8-16)28-25(34)30-23-14-22(36-31-23)27(2,3)4/h7-15H,5-6H2,1-4H3,(H2,28,30,31,34). The van der Waals surface area contributed by atoms with Gasteiger partial charge >= 0.3 is 12.0 Å². The van der Waals surface area contributed by atoms with E-state index in [0.717, 1.165) is 32.9 Å². The van der Waals surface area contributed by atoms with Crippen LogP contribution in [0.25, 0.3) is 26.4 Å². The van der Waals surface area contributed by atoms with Crippen molar-refractivity contribution in [1.82, 2.24) is 14.5 Å². The minimum absolute atomic E-state index is 0.195. The van der Waals surface area contributed by atoms with Gasteiger partial charge in [0.05, 0.1) is 15.9 Å². The van der Waals surface area contributed by atoms with E-state index in [9.17, 15) is 9.59 Å². The van der Waals surface area contributed by atoms with Gasteiger partial charge in [0.25, 0.3) is 0 Å². The van der Waals surface area contributed by atoms with Gasteiger partial charge in [-0.15, -0.1) is 0 Å². The van der Waals surface area contributed by atoms with Crippen LogP contribution in [-0.2, 0) is 10.2 Å². The molecule has 0 aliphatic carbocycles. The molecule has 3 heterocycles. The fourth-order valence-corrected chi connectivity index (χ4v) is 4.80. The topological polar surface area (TPSA) is 111 Å². The molecule has 0 saturated heterocycles.